The Morgan fingerprint density at radius 3 is 2.65 bits per heavy atom. The van der Waals surface area contributed by atoms with Gasteiger partial charge in [0.2, 0.25) is 10.0 Å². The molecule has 1 atom stereocenters. The summed E-state index contributed by atoms with van der Waals surface area (Å²) >= 11 is 1.69. The number of imidazole rings is 1. The summed E-state index contributed by atoms with van der Waals surface area (Å²) < 4.78 is 35.4. The van der Waals surface area contributed by atoms with Crippen LogP contribution in [0.3, 0.4) is 0 Å². The number of thioether (sulfide) groups is 1. The number of benzene rings is 1. The van der Waals surface area contributed by atoms with Crippen molar-refractivity contribution in [3.8, 4) is 0 Å². The average molecular weight is 469 g/mol. The van der Waals surface area contributed by atoms with Gasteiger partial charge in [-0.05, 0) is 31.0 Å². The molecule has 0 aliphatic carbocycles. The van der Waals surface area contributed by atoms with Crippen LogP contribution in [0.1, 0.15) is 34.6 Å². The van der Waals surface area contributed by atoms with Crippen molar-refractivity contribution in [2.45, 2.75) is 57.3 Å². The molecule has 1 aromatic carbocycles. The molecule has 1 aliphatic rings. The number of aryl methyl sites for hydroxylation is 1. The molecule has 0 unspecified atom stereocenters. The Kier molecular flexibility index (Phi) is 8.43. The van der Waals surface area contributed by atoms with Crippen molar-refractivity contribution < 1.29 is 13.2 Å². The van der Waals surface area contributed by atoms with E-state index in [2.05, 4.69) is 30.2 Å². The fraction of sp³-hybridized carbons (Fsp3) is 0.682. The zero-order valence-corrected chi connectivity index (χ0v) is 21.0. The lowest BCUT2D eigenvalue weighted by molar-refractivity contribution is -0.0191. The highest BCUT2D eigenvalue weighted by atomic mass is 32.2. The maximum Gasteiger partial charge on any atom is 0.243 e. The number of aromatic nitrogens is 2. The highest BCUT2D eigenvalue weighted by Crippen LogP contribution is 2.28. The largest absolute Gasteiger partial charge is 0.375 e. The third kappa shape index (κ3) is 5.63. The van der Waals surface area contributed by atoms with Crippen molar-refractivity contribution in [1.29, 1.82) is 0 Å². The summed E-state index contributed by atoms with van der Waals surface area (Å²) in [5.74, 6) is 1.49. The second-order valence-corrected chi connectivity index (χ2v) is 11.3. The summed E-state index contributed by atoms with van der Waals surface area (Å²) in [6.07, 6.45) is 0.182. The smallest absolute Gasteiger partial charge is 0.243 e. The third-order valence-electron chi connectivity index (χ3n) is 5.59. The van der Waals surface area contributed by atoms with E-state index in [0.717, 1.165) is 54.7 Å². The highest BCUT2D eigenvalue weighted by molar-refractivity contribution is 7.99. The molecule has 0 radical (unpaired) electrons. The van der Waals surface area contributed by atoms with Gasteiger partial charge in [-0.1, -0.05) is 39.5 Å². The lowest BCUT2D eigenvalue weighted by atomic mass is 10.2. The number of fused-ring (bicyclic) bond motifs is 1. The first kappa shape index (κ1) is 24.5. The van der Waals surface area contributed by atoms with Crippen LogP contribution < -0.4 is 0 Å². The van der Waals surface area contributed by atoms with Crippen molar-refractivity contribution in [2.24, 2.45) is 5.92 Å². The van der Waals surface area contributed by atoms with Crippen LogP contribution in [0.5, 0.6) is 0 Å². The number of nitrogens with zero attached hydrogens (tertiary/aromatic N) is 4. The first-order valence-electron chi connectivity index (χ1n) is 11.3. The van der Waals surface area contributed by atoms with E-state index >= 15 is 0 Å². The molecule has 0 amide bonds. The van der Waals surface area contributed by atoms with Crippen molar-refractivity contribution in [3.05, 3.63) is 18.2 Å². The van der Waals surface area contributed by atoms with Gasteiger partial charge in [0.25, 0.3) is 0 Å². The molecule has 7 nitrogen and oxygen atoms in total. The van der Waals surface area contributed by atoms with Crippen LogP contribution in [0, 0.1) is 5.92 Å². The Morgan fingerprint density at radius 2 is 2.00 bits per heavy atom. The maximum atomic E-state index is 12.9. The minimum absolute atomic E-state index is 0.182. The van der Waals surface area contributed by atoms with Crippen LogP contribution in [-0.4, -0.2) is 78.4 Å². The lowest BCUT2D eigenvalue weighted by Gasteiger charge is -2.33. The molecule has 1 saturated heterocycles. The Balaban J connectivity index is 1.78. The Hall–Kier alpha value is -1.13. The molecule has 1 aliphatic heterocycles. The summed E-state index contributed by atoms with van der Waals surface area (Å²) in [5.41, 5.74) is 1.69. The van der Waals surface area contributed by atoms with E-state index in [1.807, 2.05) is 19.9 Å². The minimum Gasteiger partial charge on any atom is -0.375 e. The molecule has 0 spiro atoms. The van der Waals surface area contributed by atoms with Crippen molar-refractivity contribution in [1.82, 2.24) is 18.8 Å². The van der Waals surface area contributed by atoms with Crippen LogP contribution in [0.4, 0.5) is 0 Å². The fourth-order valence-corrected chi connectivity index (χ4v) is 6.67. The number of hydrogen-bond donors (Lipinski definition) is 0. The molecule has 31 heavy (non-hydrogen) atoms. The van der Waals surface area contributed by atoms with Gasteiger partial charge in [-0.2, -0.15) is 4.31 Å². The third-order valence-corrected chi connectivity index (χ3v) is 8.74. The molecule has 174 valence electrons. The lowest BCUT2D eigenvalue weighted by Crippen LogP contribution is -2.44. The zero-order chi connectivity index (χ0) is 22.6. The Labute approximate surface area is 191 Å². The quantitative estimate of drug-likeness (QED) is 0.497. The molecular formula is C22H36N4O3S2. The standard InChI is InChI=1S/C22H36N4O3S2/c1-6-25(7-2)31(27,28)19-9-10-21-20(13-19)23-22(26(21)8-3)30-16-18-15-24(11-12-29-18)14-17(4)5/h9-10,13,17-18H,6-8,11-12,14-16H2,1-5H3/t18-/m0/s1. The van der Waals surface area contributed by atoms with E-state index < -0.39 is 10.0 Å². The number of morpholine rings is 1. The second-order valence-electron chi connectivity index (χ2n) is 8.34. The van der Waals surface area contributed by atoms with Gasteiger partial charge in [0, 0.05) is 45.0 Å². The van der Waals surface area contributed by atoms with E-state index in [1.54, 1.807) is 23.9 Å². The molecule has 1 fully saturated rings. The van der Waals surface area contributed by atoms with Crippen LogP contribution in [-0.2, 0) is 21.3 Å². The van der Waals surface area contributed by atoms with E-state index in [0.29, 0.717) is 23.9 Å². The van der Waals surface area contributed by atoms with Gasteiger partial charge in [0.05, 0.1) is 28.6 Å². The summed E-state index contributed by atoms with van der Waals surface area (Å²) in [7, 11) is -3.50. The van der Waals surface area contributed by atoms with E-state index in [-0.39, 0.29) is 6.10 Å². The van der Waals surface area contributed by atoms with Gasteiger partial charge >= 0.3 is 0 Å². The normalized spacial score (nSPS) is 18.5. The highest BCUT2D eigenvalue weighted by Gasteiger charge is 2.24. The predicted molar refractivity (Wildman–Crippen MR) is 127 cm³/mol. The van der Waals surface area contributed by atoms with Gasteiger partial charge < -0.3 is 9.30 Å². The Bertz CT molecular complexity index is 971. The number of hydrogen-bond acceptors (Lipinski definition) is 6. The van der Waals surface area contributed by atoms with Crippen molar-refractivity contribution in [2.75, 3.05) is 45.1 Å². The van der Waals surface area contributed by atoms with Crippen molar-refractivity contribution in [3.63, 3.8) is 0 Å². The number of ether oxygens (including phenoxy) is 1. The first-order valence-corrected chi connectivity index (χ1v) is 13.7. The maximum absolute atomic E-state index is 12.9. The summed E-state index contributed by atoms with van der Waals surface area (Å²) in [5, 5.41) is 0.916. The first-order chi connectivity index (χ1) is 14.8. The molecule has 1 aromatic heterocycles. The van der Waals surface area contributed by atoms with Crippen molar-refractivity contribution >= 4 is 32.8 Å². The predicted octanol–water partition coefficient (Wildman–Crippen LogP) is 3.54. The number of sulfonamides is 1. The molecule has 2 aromatic rings. The van der Waals surface area contributed by atoms with E-state index in [1.165, 1.54) is 4.31 Å². The monoisotopic (exact) mass is 468 g/mol. The van der Waals surface area contributed by atoms with Crippen LogP contribution in [0.15, 0.2) is 28.3 Å². The average Bonchev–Trinajstić information content (AvgIpc) is 3.09. The molecule has 9 heteroatoms. The fourth-order valence-electron chi connectivity index (χ4n) is 4.11. The van der Waals surface area contributed by atoms with Crippen LogP contribution in [0.25, 0.3) is 11.0 Å². The molecule has 3 rings (SSSR count). The van der Waals surface area contributed by atoms with Gasteiger partial charge in [-0.25, -0.2) is 13.4 Å². The van der Waals surface area contributed by atoms with Gasteiger partial charge in [0.15, 0.2) is 5.16 Å². The topological polar surface area (TPSA) is 67.7 Å². The Morgan fingerprint density at radius 1 is 1.26 bits per heavy atom. The molecule has 0 saturated carbocycles. The van der Waals surface area contributed by atoms with E-state index in [4.69, 9.17) is 9.72 Å². The van der Waals surface area contributed by atoms with Crippen LogP contribution in [0.2, 0.25) is 0 Å². The molecular weight excluding hydrogens is 432 g/mol. The molecule has 0 bridgehead atoms. The SMILES string of the molecule is CCN(CC)S(=O)(=O)c1ccc2c(c1)nc(SC[C@@H]1CN(CC(C)C)CCO1)n2CC. The minimum atomic E-state index is -3.50. The molecule has 0 N–H and O–H groups in total. The van der Waals surface area contributed by atoms with Gasteiger partial charge in [0.1, 0.15) is 0 Å². The number of rotatable bonds is 10. The van der Waals surface area contributed by atoms with Crippen LogP contribution >= 0.6 is 11.8 Å². The van der Waals surface area contributed by atoms with Gasteiger partial charge in [-0.15, -0.1) is 0 Å². The summed E-state index contributed by atoms with van der Waals surface area (Å²) in [4.78, 5) is 7.58. The molecule has 2 heterocycles. The van der Waals surface area contributed by atoms with Gasteiger partial charge in [-0.3, -0.25) is 4.90 Å². The summed E-state index contributed by atoms with van der Waals surface area (Å²) in [6, 6.07) is 5.29. The zero-order valence-electron chi connectivity index (χ0n) is 19.4. The summed E-state index contributed by atoms with van der Waals surface area (Å²) in [6.45, 7) is 15.8. The second kappa shape index (κ2) is 10.7. The van der Waals surface area contributed by atoms with E-state index in [9.17, 15) is 8.42 Å².